The summed E-state index contributed by atoms with van der Waals surface area (Å²) >= 11 is 0. The minimum absolute atomic E-state index is 0.477. The van der Waals surface area contributed by atoms with Crippen LogP contribution in [0.3, 0.4) is 0 Å². The van der Waals surface area contributed by atoms with Crippen molar-refractivity contribution in [2.75, 3.05) is 13.1 Å². The molecule has 4 rings (SSSR count). The van der Waals surface area contributed by atoms with E-state index in [1.165, 1.54) is 12.8 Å². The fraction of sp³-hybridized carbons (Fsp3) is 0.316. The molecule has 6 heteroatoms. The summed E-state index contributed by atoms with van der Waals surface area (Å²) < 4.78 is 0. The molecule has 1 saturated heterocycles. The molecule has 4 heterocycles. The number of piperidine rings is 1. The third-order valence-electron chi connectivity index (χ3n) is 4.53. The van der Waals surface area contributed by atoms with Crippen LogP contribution < -0.4 is 0 Å². The van der Waals surface area contributed by atoms with Crippen molar-refractivity contribution in [3.05, 3.63) is 66.6 Å². The molecule has 25 heavy (non-hydrogen) atoms. The van der Waals surface area contributed by atoms with Gasteiger partial charge in [0.05, 0.1) is 0 Å². The Morgan fingerprint density at radius 2 is 1.92 bits per heavy atom. The second-order valence-electron chi connectivity index (χ2n) is 6.34. The summed E-state index contributed by atoms with van der Waals surface area (Å²) in [5, 5.41) is 0. The van der Waals surface area contributed by atoms with Gasteiger partial charge in [-0.3, -0.25) is 9.88 Å². The first-order chi connectivity index (χ1) is 12.4. The van der Waals surface area contributed by atoms with Crippen LogP contribution in [0.1, 0.15) is 30.0 Å². The number of rotatable bonds is 4. The summed E-state index contributed by atoms with van der Waals surface area (Å²) in [4.78, 5) is 24.1. The van der Waals surface area contributed by atoms with Crippen LogP contribution in [0, 0.1) is 0 Å². The van der Waals surface area contributed by atoms with Crippen LogP contribution in [0.5, 0.6) is 0 Å². The highest BCUT2D eigenvalue weighted by Gasteiger charge is 2.22. The van der Waals surface area contributed by atoms with Crippen molar-refractivity contribution in [1.29, 1.82) is 0 Å². The van der Waals surface area contributed by atoms with Gasteiger partial charge in [0.1, 0.15) is 12.0 Å². The molecule has 0 saturated carbocycles. The standard InChI is InChI=1S/C19H20N6/c1-2-7-21-18(5-1)19-22-10-15(11-23-19)12-25-9-3-4-16(13-25)17-6-8-20-14-24-17/h1-2,5-8,10-11,14,16H,3-4,9,12-13H2/t16-/m1/s1. The zero-order valence-electron chi connectivity index (χ0n) is 14.0. The van der Waals surface area contributed by atoms with Gasteiger partial charge in [-0.05, 0) is 37.6 Å². The lowest BCUT2D eigenvalue weighted by atomic mass is 9.94. The van der Waals surface area contributed by atoms with Crippen molar-refractivity contribution in [3.8, 4) is 11.5 Å². The maximum absolute atomic E-state index is 4.47. The third kappa shape index (κ3) is 3.85. The quantitative estimate of drug-likeness (QED) is 0.732. The molecule has 6 nitrogen and oxygen atoms in total. The largest absolute Gasteiger partial charge is 0.298 e. The minimum atomic E-state index is 0.477. The predicted molar refractivity (Wildman–Crippen MR) is 94.5 cm³/mol. The summed E-state index contributed by atoms with van der Waals surface area (Å²) in [6, 6.07) is 7.79. The van der Waals surface area contributed by atoms with Gasteiger partial charge in [-0.2, -0.15) is 0 Å². The smallest absolute Gasteiger partial charge is 0.178 e. The van der Waals surface area contributed by atoms with Crippen LogP contribution in [0.2, 0.25) is 0 Å². The van der Waals surface area contributed by atoms with Crippen LogP contribution >= 0.6 is 0 Å². The zero-order valence-corrected chi connectivity index (χ0v) is 14.0. The topological polar surface area (TPSA) is 67.7 Å². The Labute approximate surface area is 147 Å². The zero-order chi connectivity index (χ0) is 16.9. The lowest BCUT2D eigenvalue weighted by Gasteiger charge is -2.32. The molecule has 0 radical (unpaired) electrons. The molecule has 0 aromatic carbocycles. The lowest BCUT2D eigenvalue weighted by Crippen LogP contribution is -2.34. The van der Waals surface area contributed by atoms with E-state index >= 15 is 0 Å². The first-order valence-corrected chi connectivity index (χ1v) is 8.59. The Hall–Kier alpha value is -2.73. The molecule has 1 aliphatic rings. The summed E-state index contributed by atoms with van der Waals surface area (Å²) in [5.74, 6) is 1.15. The lowest BCUT2D eigenvalue weighted by molar-refractivity contribution is 0.198. The average molecular weight is 332 g/mol. The highest BCUT2D eigenvalue weighted by molar-refractivity contribution is 5.47. The normalized spacial score (nSPS) is 18.2. The molecule has 3 aromatic heterocycles. The van der Waals surface area contributed by atoms with Crippen LogP contribution in [0.15, 0.2) is 55.4 Å². The second-order valence-corrected chi connectivity index (χ2v) is 6.34. The Morgan fingerprint density at radius 1 is 1.00 bits per heavy atom. The molecule has 0 amide bonds. The van der Waals surface area contributed by atoms with E-state index in [9.17, 15) is 0 Å². The Kier molecular flexibility index (Phi) is 4.70. The van der Waals surface area contributed by atoms with Gasteiger partial charge >= 0.3 is 0 Å². The summed E-state index contributed by atoms with van der Waals surface area (Å²) in [6.07, 6.45) is 11.4. The van der Waals surface area contributed by atoms with Gasteiger partial charge in [0, 0.05) is 55.1 Å². The predicted octanol–water partition coefficient (Wildman–Crippen LogP) is 2.71. The van der Waals surface area contributed by atoms with Crippen molar-refractivity contribution in [2.24, 2.45) is 0 Å². The minimum Gasteiger partial charge on any atom is -0.298 e. The van der Waals surface area contributed by atoms with E-state index in [1.807, 2.05) is 42.9 Å². The molecule has 0 unspecified atom stereocenters. The molecule has 0 spiro atoms. The maximum Gasteiger partial charge on any atom is 0.178 e. The first kappa shape index (κ1) is 15.8. The Bertz CT molecular complexity index is 791. The molecule has 3 aromatic rings. The molecule has 126 valence electrons. The Balaban J connectivity index is 1.42. The summed E-state index contributed by atoms with van der Waals surface area (Å²) in [5.41, 5.74) is 3.07. The number of hydrogen-bond donors (Lipinski definition) is 0. The summed E-state index contributed by atoms with van der Waals surface area (Å²) in [6.45, 7) is 2.98. The van der Waals surface area contributed by atoms with Gasteiger partial charge in [0.2, 0.25) is 0 Å². The number of pyridine rings is 1. The van der Waals surface area contributed by atoms with Crippen molar-refractivity contribution < 1.29 is 0 Å². The van der Waals surface area contributed by atoms with E-state index in [-0.39, 0.29) is 0 Å². The Morgan fingerprint density at radius 3 is 2.68 bits per heavy atom. The van der Waals surface area contributed by atoms with Gasteiger partial charge < -0.3 is 0 Å². The van der Waals surface area contributed by atoms with E-state index in [4.69, 9.17) is 0 Å². The maximum atomic E-state index is 4.47. The number of hydrogen-bond acceptors (Lipinski definition) is 6. The molecule has 0 N–H and O–H groups in total. The highest BCUT2D eigenvalue weighted by Crippen LogP contribution is 2.26. The number of nitrogens with zero attached hydrogens (tertiary/aromatic N) is 6. The molecule has 1 atom stereocenters. The van der Waals surface area contributed by atoms with Crippen LogP contribution in [0.4, 0.5) is 0 Å². The van der Waals surface area contributed by atoms with E-state index in [2.05, 4.69) is 29.8 Å². The molecule has 0 bridgehead atoms. The van der Waals surface area contributed by atoms with Gasteiger partial charge in [0.15, 0.2) is 5.82 Å². The first-order valence-electron chi connectivity index (χ1n) is 8.59. The molecule has 1 aliphatic heterocycles. The molecule has 0 aliphatic carbocycles. The van der Waals surface area contributed by atoms with Crippen molar-refractivity contribution in [2.45, 2.75) is 25.3 Å². The fourth-order valence-electron chi connectivity index (χ4n) is 3.30. The highest BCUT2D eigenvalue weighted by atomic mass is 15.1. The van der Waals surface area contributed by atoms with Gasteiger partial charge in [-0.1, -0.05) is 6.07 Å². The van der Waals surface area contributed by atoms with Crippen LogP contribution in [-0.2, 0) is 6.54 Å². The van der Waals surface area contributed by atoms with Gasteiger partial charge in [-0.15, -0.1) is 0 Å². The van der Waals surface area contributed by atoms with Gasteiger partial charge in [-0.25, -0.2) is 19.9 Å². The van der Waals surface area contributed by atoms with Crippen LogP contribution in [0.25, 0.3) is 11.5 Å². The SMILES string of the molecule is c1ccc(-c2ncc(CN3CCC[C@@H](c4ccncn4)C3)cn2)nc1. The van der Waals surface area contributed by atoms with E-state index in [1.54, 1.807) is 12.5 Å². The van der Waals surface area contributed by atoms with Crippen molar-refractivity contribution >= 4 is 0 Å². The second kappa shape index (κ2) is 7.44. The monoisotopic (exact) mass is 332 g/mol. The van der Waals surface area contributed by atoms with Crippen molar-refractivity contribution in [3.63, 3.8) is 0 Å². The summed E-state index contributed by atoms with van der Waals surface area (Å²) in [7, 11) is 0. The van der Waals surface area contributed by atoms with Crippen molar-refractivity contribution in [1.82, 2.24) is 29.8 Å². The average Bonchev–Trinajstić information content (AvgIpc) is 2.70. The van der Waals surface area contributed by atoms with E-state index in [0.29, 0.717) is 11.7 Å². The van der Waals surface area contributed by atoms with Gasteiger partial charge in [0.25, 0.3) is 0 Å². The third-order valence-corrected chi connectivity index (χ3v) is 4.53. The molecule has 1 fully saturated rings. The molecular weight excluding hydrogens is 312 g/mol. The van der Waals surface area contributed by atoms with E-state index in [0.717, 1.165) is 36.6 Å². The number of aromatic nitrogens is 5. The van der Waals surface area contributed by atoms with Crippen LogP contribution in [-0.4, -0.2) is 42.9 Å². The van der Waals surface area contributed by atoms with E-state index < -0.39 is 0 Å². The molecular formula is C19H20N6. The number of likely N-dealkylation sites (tertiary alicyclic amines) is 1. The fourth-order valence-corrected chi connectivity index (χ4v) is 3.30.